The first kappa shape index (κ1) is 27.6. The topological polar surface area (TPSA) is 29.5 Å². The standard InChI is InChI=1S/C29H50O2/c1-21(2)12-9-13-22(3)14-10-15-23(4)16-11-17-24(5)18-19-27-20-28(30)25(6)26(7)29(27)31-8/h18,20-23,30H,9-17,19H2,1-8H3/t22-,23-/m1/s1. The molecule has 0 saturated carbocycles. The van der Waals surface area contributed by atoms with Crippen LogP contribution in [0.3, 0.4) is 0 Å². The van der Waals surface area contributed by atoms with Gasteiger partial charge in [0.15, 0.2) is 0 Å². The molecular formula is C29H50O2. The summed E-state index contributed by atoms with van der Waals surface area (Å²) in [6.07, 6.45) is 15.2. The van der Waals surface area contributed by atoms with Crippen molar-refractivity contribution < 1.29 is 9.84 Å². The molecule has 31 heavy (non-hydrogen) atoms. The number of rotatable bonds is 15. The van der Waals surface area contributed by atoms with E-state index in [1.165, 1.54) is 56.9 Å². The fourth-order valence-electron chi connectivity index (χ4n) is 4.47. The minimum atomic E-state index is 0.363. The first-order valence-electron chi connectivity index (χ1n) is 12.7. The zero-order valence-electron chi connectivity index (χ0n) is 21.8. The van der Waals surface area contributed by atoms with Crippen molar-refractivity contribution in [3.63, 3.8) is 0 Å². The molecule has 0 aromatic heterocycles. The van der Waals surface area contributed by atoms with Gasteiger partial charge in [-0.15, -0.1) is 0 Å². The summed E-state index contributed by atoms with van der Waals surface area (Å²) < 4.78 is 5.60. The first-order valence-corrected chi connectivity index (χ1v) is 12.7. The Kier molecular flexibility index (Phi) is 13.0. The van der Waals surface area contributed by atoms with Crippen LogP contribution < -0.4 is 4.74 Å². The van der Waals surface area contributed by atoms with Gasteiger partial charge in [-0.1, -0.05) is 84.3 Å². The van der Waals surface area contributed by atoms with Crippen LogP contribution in [0.25, 0.3) is 0 Å². The third kappa shape index (κ3) is 10.6. The van der Waals surface area contributed by atoms with Gasteiger partial charge in [0.05, 0.1) is 7.11 Å². The molecule has 0 aliphatic heterocycles. The number of phenolic OH excluding ortho intramolecular Hbond substituents is 1. The average Bonchev–Trinajstić information content (AvgIpc) is 2.70. The predicted molar refractivity (Wildman–Crippen MR) is 136 cm³/mol. The van der Waals surface area contributed by atoms with Crippen LogP contribution in [-0.4, -0.2) is 12.2 Å². The van der Waals surface area contributed by atoms with Crippen molar-refractivity contribution >= 4 is 0 Å². The molecule has 1 rings (SSSR count). The van der Waals surface area contributed by atoms with E-state index < -0.39 is 0 Å². The Bertz CT molecular complexity index is 672. The van der Waals surface area contributed by atoms with Crippen LogP contribution in [-0.2, 0) is 6.42 Å². The summed E-state index contributed by atoms with van der Waals surface area (Å²) in [6, 6.07) is 1.86. The van der Waals surface area contributed by atoms with Crippen molar-refractivity contribution in [1.29, 1.82) is 0 Å². The lowest BCUT2D eigenvalue weighted by molar-refractivity contribution is 0.389. The number of phenols is 1. The number of hydrogen-bond donors (Lipinski definition) is 1. The third-order valence-electron chi connectivity index (χ3n) is 6.90. The van der Waals surface area contributed by atoms with Gasteiger partial charge in [0.2, 0.25) is 0 Å². The maximum atomic E-state index is 10.2. The Balaban J connectivity index is 2.32. The fourth-order valence-corrected chi connectivity index (χ4v) is 4.47. The van der Waals surface area contributed by atoms with Crippen LogP contribution in [0, 0.1) is 31.6 Å². The van der Waals surface area contributed by atoms with Crippen LogP contribution in [0.15, 0.2) is 17.7 Å². The first-order chi connectivity index (χ1) is 14.6. The summed E-state index contributed by atoms with van der Waals surface area (Å²) in [7, 11) is 1.71. The maximum Gasteiger partial charge on any atom is 0.125 e. The van der Waals surface area contributed by atoms with Crippen LogP contribution in [0.4, 0.5) is 0 Å². The van der Waals surface area contributed by atoms with E-state index in [9.17, 15) is 5.11 Å². The minimum Gasteiger partial charge on any atom is -0.508 e. The highest BCUT2D eigenvalue weighted by Gasteiger charge is 2.12. The third-order valence-corrected chi connectivity index (χ3v) is 6.90. The van der Waals surface area contributed by atoms with Crippen molar-refractivity contribution in [3.8, 4) is 11.5 Å². The Hall–Kier alpha value is -1.44. The van der Waals surface area contributed by atoms with Crippen LogP contribution >= 0.6 is 0 Å². The van der Waals surface area contributed by atoms with E-state index in [0.717, 1.165) is 53.0 Å². The van der Waals surface area contributed by atoms with Gasteiger partial charge in [-0.05, 0) is 75.0 Å². The van der Waals surface area contributed by atoms with Gasteiger partial charge in [-0.3, -0.25) is 0 Å². The number of methoxy groups -OCH3 is 1. The van der Waals surface area contributed by atoms with Crippen molar-refractivity contribution in [2.45, 2.75) is 113 Å². The quantitative estimate of drug-likeness (QED) is 0.281. The lowest BCUT2D eigenvalue weighted by Gasteiger charge is -2.15. The molecule has 0 heterocycles. The lowest BCUT2D eigenvalue weighted by atomic mass is 9.91. The SMILES string of the molecule is COc1c(CC=C(C)CCC[C@H](C)CCC[C@H](C)CCCC(C)C)cc(O)c(C)c1C. The number of benzene rings is 1. The number of allylic oxidation sites excluding steroid dienone is 2. The Labute approximate surface area is 193 Å². The maximum absolute atomic E-state index is 10.2. The van der Waals surface area contributed by atoms with E-state index in [1.807, 2.05) is 19.9 Å². The van der Waals surface area contributed by atoms with Gasteiger partial charge in [0.25, 0.3) is 0 Å². The Morgan fingerprint density at radius 2 is 1.45 bits per heavy atom. The zero-order valence-corrected chi connectivity index (χ0v) is 21.8. The molecule has 0 saturated heterocycles. The smallest absolute Gasteiger partial charge is 0.125 e. The number of ether oxygens (including phenoxy) is 1. The summed E-state index contributed by atoms with van der Waals surface area (Å²) in [5.74, 6) is 3.83. The summed E-state index contributed by atoms with van der Waals surface area (Å²) in [4.78, 5) is 0. The molecule has 0 spiro atoms. The monoisotopic (exact) mass is 430 g/mol. The summed E-state index contributed by atoms with van der Waals surface area (Å²) in [5, 5.41) is 10.2. The molecule has 0 bridgehead atoms. The molecule has 2 atom stereocenters. The van der Waals surface area contributed by atoms with E-state index in [0.29, 0.717) is 5.75 Å². The predicted octanol–water partition coefficient (Wildman–Crippen LogP) is 8.95. The largest absolute Gasteiger partial charge is 0.508 e. The van der Waals surface area contributed by atoms with Gasteiger partial charge in [0.1, 0.15) is 11.5 Å². The molecule has 1 N–H and O–H groups in total. The normalized spacial score (nSPS) is 14.2. The molecule has 0 aliphatic rings. The second-order valence-corrected chi connectivity index (χ2v) is 10.5. The molecule has 1 aromatic carbocycles. The molecule has 2 heteroatoms. The van der Waals surface area contributed by atoms with Gasteiger partial charge >= 0.3 is 0 Å². The molecule has 0 radical (unpaired) electrons. The zero-order chi connectivity index (χ0) is 23.4. The van der Waals surface area contributed by atoms with Gasteiger partial charge in [-0.2, -0.15) is 0 Å². The van der Waals surface area contributed by atoms with Crippen molar-refractivity contribution in [3.05, 3.63) is 34.4 Å². The van der Waals surface area contributed by atoms with E-state index >= 15 is 0 Å². The van der Waals surface area contributed by atoms with E-state index in [2.05, 4.69) is 40.7 Å². The number of aromatic hydroxyl groups is 1. The van der Waals surface area contributed by atoms with E-state index in [4.69, 9.17) is 4.74 Å². The van der Waals surface area contributed by atoms with E-state index in [1.54, 1.807) is 7.11 Å². The summed E-state index contributed by atoms with van der Waals surface area (Å²) in [5.41, 5.74) is 4.44. The Morgan fingerprint density at radius 3 is 2.00 bits per heavy atom. The second kappa shape index (κ2) is 14.6. The molecule has 2 nitrogen and oxygen atoms in total. The average molecular weight is 431 g/mol. The number of hydrogen-bond acceptors (Lipinski definition) is 2. The molecular weight excluding hydrogens is 380 g/mol. The van der Waals surface area contributed by atoms with Crippen LogP contribution in [0.2, 0.25) is 0 Å². The molecule has 0 unspecified atom stereocenters. The highest BCUT2D eigenvalue weighted by atomic mass is 16.5. The molecule has 0 amide bonds. The van der Waals surface area contributed by atoms with Crippen molar-refractivity contribution in [2.24, 2.45) is 17.8 Å². The second-order valence-electron chi connectivity index (χ2n) is 10.5. The van der Waals surface area contributed by atoms with Gasteiger partial charge in [0, 0.05) is 5.56 Å². The molecule has 1 aromatic rings. The Morgan fingerprint density at radius 1 is 0.903 bits per heavy atom. The van der Waals surface area contributed by atoms with Crippen molar-refractivity contribution in [1.82, 2.24) is 0 Å². The minimum absolute atomic E-state index is 0.363. The summed E-state index contributed by atoms with van der Waals surface area (Å²) >= 11 is 0. The van der Waals surface area contributed by atoms with Crippen LogP contribution in [0.5, 0.6) is 11.5 Å². The van der Waals surface area contributed by atoms with Crippen molar-refractivity contribution in [2.75, 3.05) is 7.11 Å². The van der Waals surface area contributed by atoms with Crippen LogP contribution in [0.1, 0.15) is 109 Å². The molecule has 0 fully saturated rings. The fraction of sp³-hybridized carbons (Fsp3) is 0.724. The van der Waals surface area contributed by atoms with Gasteiger partial charge < -0.3 is 9.84 Å². The molecule has 178 valence electrons. The highest BCUT2D eigenvalue weighted by molar-refractivity contribution is 5.52. The lowest BCUT2D eigenvalue weighted by Crippen LogP contribution is -2.00. The molecule has 0 aliphatic carbocycles. The van der Waals surface area contributed by atoms with Gasteiger partial charge in [-0.25, -0.2) is 0 Å². The van der Waals surface area contributed by atoms with E-state index in [-0.39, 0.29) is 0 Å². The highest BCUT2D eigenvalue weighted by Crippen LogP contribution is 2.33. The summed E-state index contributed by atoms with van der Waals surface area (Å²) in [6.45, 7) is 15.7.